The summed E-state index contributed by atoms with van der Waals surface area (Å²) < 4.78 is 13.8. The van der Waals surface area contributed by atoms with E-state index in [4.69, 9.17) is 9.47 Å². The van der Waals surface area contributed by atoms with Crippen LogP contribution in [0, 0.1) is 19.8 Å². The lowest BCUT2D eigenvalue weighted by atomic mass is 9.86. The van der Waals surface area contributed by atoms with Crippen LogP contribution in [-0.4, -0.2) is 40.7 Å². The molecule has 3 rings (SSSR count). The van der Waals surface area contributed by atoms with Crippen LogP contribution in [0.25, 0.3) is 0 Å². The fraction of sp³-hybridized carbons (Fsp3) is 0.765. The van der Waals surface area contributed by atoms with Gasteiger partial charge in [0.2, 0.25) is 5.91 Å². The number of ether oxygens (including phenoxy) is 2. The van der Waals surface area contributed by atoms with Crippen LogP contribution < -0.4 is 5.32 Å². The summed E-state index contributed by atoms with van der Waals surface area (Å²) in [5.41, 5.74) is 1.92. The van der Waals surface area contributed by atoms with E-state index in [0.29, 0.717) is 13.2 Å². The maximum absolute atomic E-state index is 12.1. The maximum Gasteiger partial charge on any atom is 0.241 e. The molecule has 1 aliphatic carbocycles. The third-order valence-electron chi connectivity index (χ3n) is 4.87. The number of nitrogens with one attached hydrogen (secondary N) is 1. The second kappa shape index (κ2) is 6.61. The minimum absolute atomic E-state index is 0.0435. The quantitative estimate of drug-likeness (QED) is 0.920. The third kappa shape index (κ3) is 3.93. The lowest BCUT2D eigenvalue weighted by molar-refractivity contribution is -0.191. The standard InChI is InChI=1S/C17H27N3O3/c1-12-4-6-17(7-5-12)22-11-15(23-17)9-18-16(21)10-20-14(3)8-13(2)19-20/h8,12,15H,4-7,9-11H2,1-3H3,(H,18,21). The van der Waals surface area contributed by atoms with Gasteiger partial charge in [0.1, 0.15) is 12.6 Å². The van der Waals surface area contributed by atoms with Gasteiger partial charge in [0.05, 0.1) is 12.3 Å². The molecule has 1 N–H and O–H groups in total. The Labute approximate surface area is 137 Å². The van der Waals surface area contributed by atoms with Crippen molar-refractivity contribution < 1.29 is 14.3 Å². The first-order valence-electron chi connectivity index (χ1n) is 8.55. The van der Waals surface area contributed by atoms with Crippen LogP contribution in [0.4, 0.5) is 0 Å². The number of amides is 1. The minimum atomic E-state index is -0.391. The van der Waals surface area contributed by atoms with E-state index in [1.54, 1.807) is 4.68 Å². The molecule has 1 saturated heterocycles. The highest BCUT2D eigenvalue weighted by Crippen LogP contribution is 2.39. The first-order chi connectivity index (χ1) is 11.0. The van der Waals surface area contributed by atoms with Gasteiger partial charge in [-0.15, -0.1) is 0 Å². The van der Waals surface area contributed by atoms with Crippen LogP contribution in [0.5, 0.6) is 0 Å². The number of aryl methyl sites for hydroxylation is 2. The van der Waals surface area contributed by atoms with Gasteiger partial charge in [-0.3, -0.25) is 9.48 Å². The van der Waals surface area contributed by atoms with Gasteiger partial charge in [0, 0.05) is 25.1 Å². The molecule has 6 heteroatoms. The molecule has 1 unspecified atom stereocenters. The number of aromatic nitrogens is 2. The lowest BCUT2D eigenvalue weighted by Crippen LogP contribution is -2.39. The predicted molar refractivity (Wildman–Crippen MR) is 85.9 cm³/mol. The van der Waals surface area contributed by atoms with Gasteiger partial charge in [0.25, 0.3) is 0 Å². The summed E-state index contributed by atoms with van der Waals surface area (Å²) in [6.07, 6.45) is 4.18. The zero-order valence-electron chi connectivity index (χ0n) is 14.3. The Bertz CT molecular complexity index is 561. The topological polar surface area (TPSA) is 65.4 Å². The highest BCUT2D eigenvalue weighted by Gasteiger charge is 2.43. The molecule has 23 heavy (non-hydrogen) atoms. The van der Waals surface area contributed by atoms with E-state index in [1.807, 2.05) is 19.9 Å². The Balaban J connectivity index is 1.44. The molecule has 0 aromatic carbocycles. The average molecular weight is 321 g/mol. The van der Waals surface area contributed by atoms with E-state index >= 15 is 0 Å². The number of nitrogens with zero attached hydrogens (tertiary/aromatic N) is 2. The predicted octanol–water partition coefficient (Wildman–Crippen LogP) is 1.94. The van der Waals surface area contributed by atoms with Gasteiger partial charge < -0.3 is 14.8 Å². The Morgan fingerprint density at radius 3 is 2.83 bits per heavy atom. The van der Waals surface area contributed by atoms with Gasteiger partial charge in [-0.1, -0.05) is 6.92 Å². The maximum atomic E-state index is 12.1. The van der Waals surface area contributed by atoms with Crippen LogP contribution >= 0.6 is 0 Å². The molecule has 2 heterocycles. The van der Waals surface area contributed by atoms with Crippen molar-refractivity contribution in [3.63, 3.8) is 0 Å². The molecule has 1 aliphatic heterocycles. The van der Waals surface area contributed by atoms with E-state index in [1.165, 1.54) is 0 Å². The summed E-state index contributed by atoms with van der Waals surface area (Å²) in [6, 6.07) is 1.97. The largest absolute Gasteiger partial charge is 0.352 e. The molecule has 1 saturated carbocycles. The first kappa shape index (κ1) is 16.5. The molecular formula is C17H27N3O3. The highest BCUT2D eigenvalue weighted by molar-refractivity contribution is 5.75. The number of hydrogen-bond donors (Lipinski definition) is 1. The first-order valence-corrected chi connectivity index (χ1v) is 8.55. The van der Waals surface area contributed by atoms with Gasteiger partial charge in [-0.25, -0.2) is 0 Å². The van der Waals surface area contributed by atoms with Crippen LogP contribution in [0.2, 0.25) is 0 Å². The summed E-state index contributed by atoms with van der Waals surface area (Å²) >= 11 is 0. The van der Waals surface area contributed by atoms with E-state index in [2.05, 4.69) is 17.3 Å². The molecule has 2 aliphatic rings. The summed E-state index contributed by atoms with van der Waals surface area (Å²) in [5.74, 6) is 0.322. The molecule has 0 radical (unpaired) electrons. The van der Waals surface area contributed by atoms with Crippen molar-refractivity contribution in [1.29, 1.82) is 0 Å². The average Bonchev–Trinajstić information content (AvgIpc) is 3.04. The van der Waals surface area contributed by atoms with Crippen molar-refractivity contribution in [2.75, 3.05) is 13.2 Å². The van der Waals surface area contributed by atoms with Crippen LogP contribution in [0.3, 0.4) is 0 Å². The Morgan fingerprint density at radius 2 is 2.17 bits per heavy atom. The smallest absolute Gasteiger partial charge is 0.241 e. The molecule has 1 atom stereocenters. The Kier molecular flexibility index (Phi) is 4.73. The molecule has 1 aromatic rings. The molecule has 0 bridgehead atoms. The van der Waals surface area contributed by atoms with Crippen molar-refractivity contribution >= 4 is 5.91 Å². The highest BCUT2D eigenvalue weighted by atomic mass is 16.7. The second-order valence-electron chi connectivity index (χ2n) is 7.03. The SMILES string of the molecule is Cc1cc(C)n(CC(=O)NCC2COC3(CCC(C)CC3)O2)n1. The molecule has 2 fully saturated rings. The van der Waals surface area contributed by atoms with Crippen LogP contribution in [0.15, 0.2) is 6.07 Å². The zero-order valence-corrected chi connectivity index (χ0v) is 14.3. The van der Waals surface area contributed by atoms with Crippen molar-refractivity contribution in [3.05, 3.63) is 17.5 Å². The second-order valence-corrected chi connectivity index (χ2v) is 7.03. The molecule has 1 aromatic heterocycles. The number of hydrogen-bond acceptors (Lipinski definition) is 4. The van der Waals surface area contributed by atoms with Crippen molar-refractivity contribution in [1.82, 2.24) is 15.1 Å². The monoisotopic (exact) mass is 321 g/mol. The van der Waals surface area contributed by atoms with Crippen molar-refractivity contribution in [3.8, 4) is 0 Å². The van der Waals surface area contributed by atoms with Crippen LogP contribution in [0.1, 0.15) is 44.0 Å². The van der Waals surface area contributed by atoms with Gasteiger partial charge >= 0.3 is 0 Å². The summed E-state index contributed by atoms with van der Waals surface area (Å²) in [7, 11) is 0. The molecule has 1 amide bonds. The summed E-state index contributed by atoms with van der Waals surface area (Å²) in [5, 5.41) is 7.24. The molecule has 128 valence electrons. The van der Waals surface area contributed by atoms with Gasteiger partial charge in [-0.2, -0.15) is 5.10 Å². The van der Waals surface area contributed by atoms with Crippen molar-refractivity contribution in [2.24, 2.45) is 5.92 Å². The minimum Gasteiger partial charge on any atom is -0.352 e. The zero-order chi connectivity index (χ0) is 16.4. The number of carbonyl (C=O) groups is 1. The third-order valence-corrected chi connectivity index (χ3v) is 4.87. The van der Waals surface area contributed by atoms with Gasteiger partial charge in [-0.05, 0) is 38.7 Å². The van der Waals surface area contributed by atoms with E-state index < -0.39 is 5.79 Å². The van der Waals surface area contributed by atoms with E-state index in [9.17, 15) is 4.79 Å². The fourth-order valence-electron chi connectivity index (χ4n) is 3.44. The van der Waals surface area contributed by atoms with Crippen LogP contribution in [-0.2, 0) is 20.8 Å². The van der Waals surface area contributed by atoms with E-state index in [0.717, 1.165) is 43.0 Å². The molecule has 6 nitrogen and oxygen atoms in total. The molecule has 1 spiro atoms. The fourth-order valence-corrected chi connectivity index (χ4v) is 3.44. The number of rotatable bonds is 4. The Hall–Kier alpha value is -1.40. The Morgan fingerprint density at radius 1 is 1.43 bits per heavy atom. The van der Waals surface area contributed by atoms with E-state index in [-0.39, 0.29) is 18.6 Å². The summed E-state index contributed by atoms with van der Waals surface area (Å²) in [6.45, 7) is 7.46. The number of carbonyl (C=O) groups excluding carboxylic acids is 1. The molecular weight excluding hydrogens is 294 g/mol. The lowest BCUT2D eigenvalue weighted by Gasteiger charge is -2.34. The van der Waals surface area contributed by atoms with Gasteiger partial charge in [0.15, 0.2) is 5.79 Å². The summed E-state index contributed by atoms with van der Waals surface area (Å²) in [4.78, 5) is 12.1. The normalized spacial score (nSPS) is 30.7. The van der Waals surface area contributed by atoms with Crippen molar-refractivity contribution in [2.45, 2.75) is 64.9 Å².